The summed E-state index contributed by atoms with van der Waals surface area (Å²) in [5.41, 5.74) is 0.741. The molecule has 0 aliphatic heterocycles. The Hall–Kier alpha value is -2.36. The van der Waals surface area contributed by atoms with Gasteiger partial charge in [-0.15, -0.1) is 0 Å². The van der Waals surface area contributed by atoms with Crippen LogP contribution in [0.3, 0.4) is 0 Å². The zero-order valence-electron chi connectivity index (χ0n) is 11.7. The molecular formula is C16H14FNO3S. The molecule has 1 atom stereocenters. The number of aliphatic hydroxyl groups excluding tert-OH is 1. The summed E-state index contributed by atoms with van der Waals surface area (Å²) in [6, 6.07) is 11.1. The van der Waals surface area contributed by atoms with Crippen LogP contribution in [0.5, 0.6) is 0 Å². The van der Waals surface area contributed by atoms with Gasteiger partial charge in [-0.1, -0.05) is 17.9 Å². The third-order valence-corrected chi connectivity index (χ3v) is 4.05. The molecule has 0 fully saturated rings. The fourth-order valence-corrected chi connectivity index (χ4v) is 2.76. The van der Waals surface area contributed by atoms with Crippen molar-refractivity contribution in [2.45, 2.75) is 17.9 Å². The maximum absolute atomic E-state index is 12.8. The van der Waals surface area contributed by atoms with Gasteiger partial charge in [0.25, 0.3) is 10.0 Å². The molecule has 0 heterocycles. The quantitative estimate of drug-likeness (QED) is 0.854. The first-order chi connectivity index (χ1) is 10.4. The standard InChI is InChI=1S/C16H14FNO3S/c1-12(19)5-6-13-3-2-4-16(11-13)22(20,21)18-15-9-7-14(17)8-10-15/h2-4,7-12,18-19H,1H3. The van der Waals surface area contributed by atoms with Crippen LogP contribution in [0.4, 0.5) is 10.1 Å². The number of hydrogen-bond donors (Lipinski definition) is 2. The number of nitrogens with one attached hydrogen (secondary N) is 1. The van der Waals surface area contributed by atoms with Crippen molar-refractivity contribution in [3.05, 3.63) is 59.9 Å². The molecule has 0 amide bonds. The second-order valence-corrected chi connectivity index (χ2v) is 6.27. The lowest BCUT2D eigenvalue weighted by atomic mass is 10.2. The Morgan fingerprint density at radius 1 is 1.18 bits per heavy atom. The van der Waals surface area contributed by atoms with Crippen molar-refractivity contribution in [1.29, 1.82) is 0 Å². The summed E-state index contributed by atoms with van der Waals surface area (Å²) in [5.74, 6) is 4.79. The molecule has 0 radical (unpaired) electrons. The third-order valence-electron chi connectivity index (χ3n) is 2.67. The average molecular weight is 319 g/mol. The molecule has 0 saturated heterocycles. The predicted molar refractivity (Wildman–Crippen MR) is 82.2 cm³/mol. The van der Waals surface area contributed by atoms with E-state index in [0.29, 0.717) is 5.56 Å². The minimum Gasteiger partial charge on any atom is -0.381 e. The molecule has 1 unspecified atom stereocenters. The summed E-state index contributed by atoms with van der Waals surface area (Å²) in [7, 11) is -3.79. The lowest BCUT2D eigenvalue weighted by Crippen LogP contribution is -2.13. The Morgan fingerprint density at radius 2 is 1.86 bits per heavy atom. The zero-order valence-corrected chi connectivity index (χ0v) is 12.6. The number of benzene rings is 2. The Kier molecular flexibility index (Phi) is 4.81. The molecule has 0 aliphatic rings. The second kappa shape index (κ2) is 6.60. The van der Waals surface area contributed by atoms with Crippen molar-refractivity contribution < 1.29 is 17.9 Å². The van der Waals surface area contributed by atoms with Gasteiger partial charge in [0.05, 0.1) is 4.90 Å². The van der Waals surface area contributed by atoms with Crippen molar-refractivity contribution in [1.82, 2.24) is 0 Å². The number of halogens is 1. The van der Waals surface area contributed by atoms with Crippen molar-refractivity contribution in [2.24, 2.45) is 0 Å². The highest BCUT2D eigenvalue weighted by Gasteiger charge is 2.14. The minimum atomic E-state index is -3.79. The van der Waals surface area contributed by atoms with E-state index in [-0.39, 0.29) is 10.6 Å². The van der Waals surface area contributed by atoms with E-state index in [1.54, 1.807) is 12.1 Å². The summed E-state index contributed by atoms with van der Waals surface area (Å²) in [6.07, 6.45) is -0.794. The van der Waals surface area contributed by atoms with Crippen LogP contribution in [-0.4, -0.2) is 19.6 Å². The molecule has 114 valence electrons. The van der Waals surface area contributed by atoms with Gasteiger partial charge < -0.3 is 5.11 Å². The lowest BCUT2D eigenvalue weighted by molar-refractivity contribution is 0.253. The summed E-state index contributed by atoms with van der Waals surface area (Å²) >= 11 is 0. The predicted octanol–water partition coefficient (Wildman–Crippen LogP) is 2.36. The molecule has 4 nitrogen and oxygen atoms in total. The molecule has 2 N–H and O–H groups in total. The van der Waals surface area contributed by atoms with E-state index in [9.17, 15) is 12.8 Å². The summed E-state index contributed by atoms with van der Waals surface area (Å²) < 4.78 is 39.7. The van der Waals surface area contributed by atoms with Gasteiger partial charge >= 0.3 is 0 Å². The van der Waals surface area contributed by atoms with Crippen LogP contribution >= 0.6 is 0 Å². The maximum Gasteiger partial charge on any atom is 0.261 e. The minimum absolute atomic E-state index is 0.0363. The molecule has 2 aromatic carbocycles. The van der Waals surface area contributed by atoms with Gasteiger partial charge in [-0.25, -0.2) is 12.8 Å². The monoisotopic (exact) mass is 319 g/mol. The van der Waals surface area contributed by atoms with Crippen LogP contribution < -0.4 is 4.72 Å². The molecule has 0 aliphatic carbocycles. The molecule has 0 aromatic heterocycles. The van der Waals surface area contributed by atoms with Crippen molar-refractivity contribution >= 4 is 15.7 Å². The van der Waals surface area contributed by atoms with E-state index in [1.807, 2.05) is 0 Å². The smallest absolute Gasteiger partial charge is 0.261 e. The average Bonchev–Trinajstić information content (AvgIpc) is 2.48. The number of hydrogen-bond acceptors (Lipinski definition) is 3. The topological polar surface area (TPSA) is 66.4 Å². The molecule has 2 aromatic rings. The number of rotatable bonds is 3. The van der Waals surface area contributed by atoms with Gasteiger partial charge in [-0.2, -0.15) is 0 Å². The zero-order chi connectivity index (χ0) is 16.2. The maximum atomic E-state index is 12.8. The number of sulfonamides is 1. The van der Waals surface area contributed by atoms with Gasteiger partial charge in [0.1, 0.15) is 11.9 Å². The Bertz CT molecular complexity index is 818. The summed E-state index contributed by atoms with van der Waals surface area (Å²) in [6.45, 7) is 1.52. The normalized spacial score (nSPS) is 12.1. The molecule has 6 heteroatoms. The molecule has 0 bridgehead atoms. The first kappa shape index (κ1) is 16.0. The second-order valence-electron chi connectivity index (χ2n) is 4.59. The van der Waals surface area contributed by atoms with Crippen molar-refractivity contribution in [3.8, 4) is 11.8 Å². The Labute approximate surface area is 128 Å². The van der Waals surface area contributed by atoms with Crippen LogP contribution in [0.2, 0.25) is 0 Å². The van der Waals surface area contributed by atoms with E-state index >= 15 is 0 Å². The van der Waals surface area contributed by atoms with Crippen molar-refractivity contribution in [2.75, 3.05) is 4.72 Å². The highest BCUT2D eigenvalue weighted by atomic mass is 32.2. The van der Waals surface area contributed by atoms with Crippen LogP contribution in [0.15, 0.2) is 53.4 Å². The van der Waals surface area contributed by atoms with Crippen molar-refractivity contribution in [3.63, 3.8) is 0 Å². The molecule has 0 spiro atoms. The van der Waals surface area contributed by atoms with E-state index in [0.717, 1.165) is 0 Å². The fourth-order valence-electron chi connectivity index (χ4n) is 1.66. The van der Waals surface area contributed by atoms with E-state index in [1.165, 1.54) is 43.3 Å². The van der Waals surface area contributed by atoms with Gasteiger partial charge in [0.15, 0.2) is 0 Å². The van der Waals surface area contributed by atoms with Crippen LogP contribution in [0, 0.1) is 17.7 Å². The molecule has 22 heavy (non-hydrogen) atoms. The van der Waals surface area contributed by atoms with E-state index < -0.39 is 21.9 Å². The van der Waals surface area contributed by atoms with Gasteiger partial charge in [-0.3, -0.25) is 4.72 Å². The SMILES string of the molecule is CC(O)C#Cc1cccc(S(=O)(=O)Nc2ccc(F)cc2)c1. The fraction of sp³-hybridized carbons (Fsp3) is 0.125. The molecule has 0 saturated carbocycles. The van der Waals surface area contributed by atoms with Gasteiger partial charge in [0.2, 0.25) is 0 Å². The first-order valence-corrected chi connectivity index (χ1v) is 7.93. The molecule has 2 rings (SSSR count). The highest BCUT2D eigenvalue weighted by Crippen LogP contribution is 2.17. The van der Waals surface area contributed by atoms with Gasteiger partial charge in [-0.05, 0) is 49.4 Å². The van der Waals surface area contributed by atoms with Gasteiger partial charge in [0, 0.05) is 11.3 Å². The number of anilines is 1. The summed E-state index contributed by atoms with van der Waals surface area (Å²) in [5, 5.41) is 9.13. The Morgan fingerprint density at radius 3 is 2.50 bits per heavy atom. The van der Waals surface area contributed by atoms with E-state index in [2.05, 4.69) is 16.6 Å². The number of aliphatic hydroxyl groups is 1. The molecular weight excluding hydrogens is 305 g/mol. The Balaban J connectivity index is 2.28. The van der Waals surface area contributed by atoms with E-state index in [4.69, 9.17) is 5.11 Å². The third kappa shape index (κ3) is 4.32. The lowest BCUT2D eigenvalue weighted by Gasteiger charge is -2.08. The summed E-state index contributed by atoms with van der Waals surface area (Å²) in [4.78, 5) is 0.0363. The first-order valence-electron chi connectivity index (χ1n) is 6.45. The largest absolute Gasteiger partial charge is 0.381 e. The van der Waals surface area contributed by atoms with Crippen LogP contribution in [0.1, 0.15) is 12.5 Å². The van der Waals surface area contributed by atoms with Crippen LogP contribution in [-0.2, 0) is 10.0 Å². The van der Waals surface area contributed by atoms with Crippen LogP contribution in [0.25, 0.3) is 0 Å². The highest BCUT2D eigenvalue weighted by molar-refractivity contribution is 7.92.